The molecule has 0 bridgehead atoms. The van der Waals surface area contributed by atoms with E-state index in [4.69, 9.17) is 11.6 Å². The van der Waals surface area contributed by atoms with E-state index in [1.165, 1.54) is 0 Å². The Hall–Kier alpha value is -1.96. The molecular weight excluding hydrogens is 415 g/mol. The summed E-state index contributed by atoms with van der Waals surface area (Å²) < 4.78 is 40.3. The second kappa shape index (κ2) is 9.24. The molecule has 1 aliphatic rings. The Labute approximate surface area is 175 Å². The molecule has 0 aromatic heterocycles. The lowest BCUT2D eigenvalue weighted by molar-refractivity contribution is 0.0923. The molecule has 0 unspecified atom stereocenters. The van der Waals surface area contributed by atoms with Crippen molar-refractivity contribution in [2.75, 3.05) is 0 Å². The molecule has 1 saturated carbocycles. The minimum Gasteiger partial charge on any atom is -0.349 e. The molecule has 0 saturated heterocycles. The maximum Gasteiger partial charge on any atom is 0.251 e. The topological polar surface area (TPSA) is 75.3 Å². The predicted molar refractivity (Wildman–Crippen MR) is 111 cm³/mol. The van der Waals surface area contributed by atoms with Crippen molar-refractivity contribution in [1.82, 2.24) is 10.0 Å². The molecule has 29 heavy (non-hydrogen) atoms. The van der Waals surface area contributed by atoms with Crippen LogP contribution in [0.1, 0.15) is 48.5 Å². The van der Waals surface area contributed by atoms with Crippen LogP contribution >= 0.6 is 11.6 Å². The first-order valence-electron chi connectivity index (χ1n) is 9.59. The highest BCUT2D eigenvalue weighted by molar-refractivity contribution is 7.89. The highest BCUT2D eigenvalue weighted by Gasteiger charge is 2.20. The molecule has 0 radical (unpaired) electrons. The average molecular weight is 439 g/mol. The second-order valence-corrected chi connectivity index (χ2v) is 9.70. The summed E-state index contributed by atoms with van der Waals surface area (Å²) in [6.45, 7) is 2.27. The molecule has 1 aliphatic carbocycles. The van der Waals surface area contributed by atoms with Gasteiger partial charge < -0.3 is 5.32 Å². The Morgan fingerprint density at radius 2 is 1.76 bits per heavy atom. The first-order chi connectivity index (χ1) is 13.7. The van der Waals surface area contributed by atoms with Crippen LogP contribution in [-0.2, 0) is 16.6 Å². The third-order valence-corrected chi connectivity index (χ3v) is 6.92. The highest BCUT2D eigenvalue weighted by atomic mass is 35.5. The summed E-state index contributed by atoms with van der Waals surface area (Å²) in [5.74, 6) is -0.0722. The molecule has 1 fully saturated rings. The van der Waals surface area contributed by atoms with Gasteiger partial charge in [-0.3, -0.25) is 4.79 Å². The van der Waals surface area contributed by atoms with Gasteiger partial charge in [0.25, 0.3) is 5.91 Å². The second-order valence-electron chi connectivity index (χ2n) is 7.53. The quantitative estimate of drug-likeness (QED) is 0.707. The zero-order chi connectivity index (χ0) is 21.0. The van der Waals surface area contributed by atoms with E-state index >= 15 is 0 Å². The fourth-order valence-corrected chi connectivity index (χ4v) is 4.64. The fraction of sp³-hybridized carbons (Fsp3) is 0.381. The van der Waals surface area contributed by atoms with Gasteiger partial charge in [0.1, 0.15) is 5.82 Å². The van der Waals surface area contributed by atoms with E-state index in [2.05, 4.69) is 17.0 Å². The van der Waals surface area contributed by atoms with E-state index in [0.29, 0.717) is 11.1 Å². The van der Waals surface area contributed by atoms with E-state index in [1.807, 2.05) is 0 Å². The Morgan fingerprint density at radius 3 is 2.38 bits per heavy atom. The maximum atomic E-state index is 13.2. The summed E-state index contributed by atoms with van der Waals surface area (Å²) >= 11 is 5.66. The SMILES string of the molecule is CC1CCC(NC(=O)c2ccc(CNS(=O)(=O)c3ccc(F)c(Cl)c3)cc2)CC1. The normalized spacial score (nSPS) is 19.7. The number of rotatable bonds is 6. The fourth-order valence-electron chi connectivity index (χ4n) is 3.35. The van der Waals surface area contributed by atoms with Crippen molar-refractivity contribution in [3.05, 3.63) is 64.4 Å². The number of amides is 1. The third-order valence-electron chi connectivity index (χ3n) is 5.23. The van der Waals surface area contributed by atoms with E-state index in [1.54, 1.807) is 24.3 Å². The largest absolute Gasteiger partial charge is 0.349 e. The summed E-state index contributed by atoms with van der Waals surface area (Å²) in [6, 6.07) is 10.2. The molecule has 2 aromatic rings. The number of benzene rings is 2. The summed E-state index contributed by atoms with van der Waals surface area (Å²) in [6.07, 6.45) is 4.26. The zero-order valence-corrected chi connectivity index (χ0v) is 17.7. The van der Waals surface area contributed by atoms with E-state index in [-0.39, 0.29) is 28.4 Å². The van der Waals surface area contributed by atoms with Gasteiger partial charge in [-0.05, 0) is 67.5 Å². The molecule has 2 N–H and O–H groups in total. The number of nitrogens with one attached hydrogen (secondary N) is 2. The molecule has 0 aliphatic heterocycles. The number of carbonyl (C=O) groups is 1. The first-order valence-corrected chi connectivity index (χ1v) is 11.5. The predicted octanol–water partition coefficient (Wildman–Crippen LogP) is 4.27. The molecule has 156 valence electrons. The lowest BCUT2D eigenvalue weighted by Gasteiger charge is -2.26. The number of hydrogen-bond donors (Lipinski definition) is 2. The van der Waals surface area contributed by atoms with Gasteiger partial charge in [-0.25, -0.2) is 17.5 Å². The molecule has 0 heterocycles. The van der Waals surface area contributed by atoms with E-state index < -0.39 is 15.8 Å². The number of sulfonamides is 1. The zero-order valence-electron chi connectivity index (χ0n) is 16.1. The van der Waals surface area contributed by atoms with Crippen LogP contribution in [0.25, 0.3) is 0 Å². The van der Waals surface area contributed by atoms with Crippen LogP contribution in [-0.4, -0.2) is 20.4 Å². The van der Waals surface area contributed by atoms with Gasteiger partial charge in [-0.15, -0.1) is 0 Å². The number of carbonyl (C=O) groups excluding carboxylic acids is 1. The maximum absolute atomic E-state index is 13.2. The summed E-state index contributed by atoms with van der Waals surface area (Å²) in [7, 11) is -3.83. The van der Waals surface area contributed by atoms with Gasteiger partial charge in [0.2, 0.25) is 10.0 Å². The molecule has 5 nitrogen and oxygen atoms in total. The third kappa shape index (κ3) is 5.78. The van der Waals surface area contributed by atoms with Gasteiger partial charge in [0.15, 0.2) is 0 Å². The number of hydrogen-bond acceptors (Lipinski definition) is 3. The molecule has 3 rings (SSSR count). The van der Waals surface area contributed by atoms with Gasteiger partial charge >= 0.3 is 0 Å². The van der Waals surface area contributed by atoms with Crippen LogP contribution in [0.15, 0.2) is 47.4 Å². The Balaban J connectivity index is 1.57. The Kier molecular flexibility index (Phi) is 6.93. The van der Waals surface area contributed by atoms with Crippen LogP contribution in [0.2, 0.25) is 5.02 Å². The lowest BCUT2D eigenvalue weighted by Crippen LogP contribution is -2.37. The minimum atomic E-state index is -3.83. The van der Waals surface area contributed by atoms with Gasteiger partial charge in [0, 0.05) is 18.2 Å². The minimum absolute atomic E-state index is 0.0414. The van der Waals surface area contributed by atoms with Crippen LogP contribution in [0, 0.1) is 11.7 Å². The molecular formula is C21H24ClFN2O3S. The first kappa shape index (κ1) is 21.7. The molecule has 8 heteroatoms. The molecule has 0 atom stereocenters. The summed E-state index contributed by atoms with van der Waals surface area (Å²) in [4.78, 5) is 12.3. The molecule has 1 amide bonds. The Bertz CT molecular complexity index is 972. The average Bonchev–Trinajstić information content (AvgIpc) is 2.70. The van der Waals surface area contributed by atoms with E-state index in [9.17, 15) is 17.6 Å². The van der Waals surface area contributed by atoms with Crippen molar-refractivity contribution in [2.24, 2.45) is 5.92 Å². The lowest BCUT2D eigenvalue weighted by atomic mass is 9.87. The van der Waals surface area contributed by atoms with Gasteiger partial charge in [-0.1, -0.05) is 30.7 Å². The standard InChI is InChI=1S/C21H24ClFN2O3S/c1-14-2-8-17(9-3-14)25-21(26)16-6-4-15(5-7-16)13-24-29(27,28)18-10-11-20(23)19(22)12-18/h4-7,10-12,14,17,24H,2-3,8-9,13H2,1H3,(H,25,26). The molecule has 2 aromatic carbocycles. The van der Waals surface area contributed by atoms with Crippen molar-refractivity contribution < 1.29 is 17.6 Å². The highest BCUT2D eigenvalue weighted by Crippen LogP contribution is 2.24. The number of halogens is 2. The van der Waals surface area contributed by atoms with E-state index in [0.717, 1.165) is 49.8 Å². The van der Waals surface area contributed by atoms with Crippen molar-refractivity contribution >= 4 is 27.5 Å². The van der Waals surface area contributed by atoms with Crippen molar-refractivity contribution in [1.29, 1.82) is 0 Å². The summed E-state index contributed by atoms with van der Waals surface area (Å²) in [5.41, 5.74) is 1.24. The van der Waals surface area contributed by atoms with Crippen molar-refractivity contribution in [2.45, 2.75) is 50.1 Å². The van der Waals surface area contributed by atoms with Gasteiger partial charge in [0.05, 0.1) is 9.92 Å². The van der Waals surface area contributed by atoms with Crippen LogP contribution in [0.5, 0.6) is 0 Å². The van der Waals surface area contributed by atoms with Crippen molar-refractivity contribution in [3.8, 4) is 0 Å². The summed E-state index contributed by atoms with van der Waals surface area (Å²) in [5, 5.41) is 2.82. The smallest absolute Gasteiger partial charge is 0.251 e. The van der Waals surface area contributed by atoms with Crippen LogP contribution in [0.3, 0.4) is 0 Å². The monoisotopic (exact) mass is 438 g/mol. The molecule has 0 spiro atoms. The Morgan fingerprint density at radius 1 is 1.10 bits per heavy atom. The van der Waals surface area contributed by atoms with Crippen LogP contribution < -0.4 is 10.0 Å². The van der Waals surface area contributed by atoms with Gasteiger partial charge in [-0.2, -0.15) is 0 Å². The van der Waals surface area contributed by atoms with Crippen LogP contribution in [0.4, 0.5) is 4.39 Å². The van der Waals surface area contributed by atoms with Crippen molar-refractivity contribution in [3.63, 3.8) is 0 Å².